The van der Waals surface area contributed by atoms with Crippen LogP contribution in [0.2, 0.25) is 5.15 Å². The van der Waals surface area contributed by atoms with Crippen molar-refractivity contribution < 1.29 is 4.79 Å². The van der Waals surface area contributed by atoms with Gasteiger partial charge in [0.15, 0.2) is 10.3 Å². The Morgan fingerprint density at radius 2 is 2.04 bits per heavy atom. The Balaban J connectivity index is 1.97. The molecule has 2 heterocycles. The van der Waals surface area contributed by atoms with Gasteiger partial charge < -0.3 is 0 Å². The fraction of sp³-hybridized carbons (Fsp3) is 0.0556. The number of pyridine rings is 1. The summed E-state index contributed by atoms with van der Waals surface area (Å²) in [5.74, 6) is -0.0949. The Hall–Kier alpha value is -2.37. The molecule has 120 valence electrons. The summed E-state index contributed by atoms with van der Waals surface area (Å²) in [6, 6.07) is 13.2. The van der Waals surface area contributed by atoms with Crippen LogP contribution in [0.5, 0.6) is 0 Å². The Morgan fingerprint density at radius 3 is 2.75 bits per heavy atom. The molecule has 4 nitrogen and oxygen atoms in total. The molecule has 0 bridgehead atoms. The van der Waals surface area contributed by atoms with Crippen molar-refractivity contribution in [1.29, 1.82) is 0 Å². The van der Waals surface area contributed by atoms with Gasteiger partial charge in [-0.3, -0.25) is 9.69 Å². The lowest BCUT2D eigenvalue weighted by Crippen LogP contribution is -2.29. The van der Waals surface area contributed by atoms with Crippen molar-refractivity contribution in [2.75, 3.05) is 6.54 Å². The number of nitrogens with zero attached hydrogens (tertiary/aromatic N) is 3. The van der Waals surface area contributed by atoms with Crippen molar-refractivity contribution in [3.8, 4) is 0 Å². The lowest BCUT2D eigenvalue weighted by atomic mass is 10.2. The van der Waals surface area contributed by atoms with Crippen LogP contribution in [0, 0.1) is 0 Å². The number of amides is 1. The maximum atomic E-state index is 12.6. The quantitative estimate of drug-likeness (QED) is 0.460. The van der Waals surface area contributed by atoms with Gasteiger partial charge in [-0.1, -0.05) is 48.0 Å². The molecule has 2 aromatic rings. The molecular weight excluding hydrogens is 342 g/mol. The van der Waals surface area contributed by atoms with E-state index in [-0.39, 0.29) is 5.91 Å². The van der Waals surface area contributed by atoms with Crippen molar-refractivity contribution in [1.82, 2.24) is 9.88 Å². The molecule has 24 heavy (non-hydrogen) atoms. The molecule has 0 radical (unpaired) electrons. The second-order valence-electron chi connectivity index (χ2n) is 4.93. The van der Waals surface area contributed by atoms with E-state index in [2.05, 4.69) is 16.6 Å². The Morgan fingerprint density at radius 1 is 1.25 bits per heavy atom. The number of benzene rings is 1. The SMILES string of the molecule is C=CCN1C(=O)/C(=C/c2ccccc2)SC1=Nc1cccnc1Cl. The minimum Gasteiger partial charge on any atom is -0.283 e. The lowest BCUT2D eigenvalue weighted by molar-refractivity contribution is -0.121. The fourth-order valence-electron chi connectivity index (χ4n) is 2.15. The first-order chi connectivity index (χ1) is 11.7. The average Bonchev–Trinajstić information content (AvgIpc) is 2.87. The zero-order valence-electron chi connectivity index (χ0n) is 12.7. The number of thioether (sulfide) groups is 1. The normalized spacial score (nSPS) is 17.7. The van der Waals surface area contributed by atoms with E-state index in [4.69, 9.17) is 11.6 Å². The van der Waals surface area contributed by atoms with Gasteiger partial charge in [0.1, 0.15) is 5.69 Å². The molecule has 1 saturated heterocycles. The molecule has 0 aliphatic carbocycles. The molecule has 1 fully saturated rings. The monoisotopic (exact) mass is 355 g/mol. The molecule has 0 N–H and O–H groups in total. The van der Waals surface area contributed by atoms with E-state index in [0.29, 0.717) is 27.5 Å². The number of hydrogen-bond acceptors (Lipinski definition) is 4. The van der Waals surface area contributed by atoms with Gasteiger partial charge in [-0.25, -0.2) is 9.98 Å². The number of amidine groups is 1. The first kappa shape index (κ1) is 16.5. The first-order valence-corrected chi connectivity index (χ1v) is 8.45. The summed E-state index contributed by atoms with van der Waals surface area (Å²) in [4.78, 5) is 23.3. The summed E-state index contributed by atoms with van der Waals surface area (Å²) in [6.45, 7) is 4.09. The maximum Gasteiger partial charge on any atom is 0.267 e. The fourth-order valence-corrected chi connectivity index (χ4v) is 3.31. The minimum atomic E-state index is -0.0949. The van der Waals surface area contributed by atoms with Crippen LogP contribution >= 0.6 is 23.4 Å². The van der Waals surface area contributed by atoms with Gasteiger partial charge in [-0.05, 0) is 35.5 Å². The number of rotatable bonds is 4. The van der Waals surface area contributed by atoms with Crippen molar-refractivity contribution in [3.63, 3.8) is 0 Å². The minimum absolute atomic E-state index is 0.0949. The molecule has 1 amide bonds. The molecule has 3 rings (SSSR count). The van der Waals surface area contributed by atoms with E-state index < -0.39 is 0 Å². The molecule has 0 saturated carbocycles. The summed E-state index contributed by atoms with van der Waals surface area (Å²) in [6.07, 6.45) is 5.13. The molecule has 0 atom stereocenters. The van der Waals surface area contributed by atoms with Crippen molar-refractivity contribution in [2.24, 2.45) is 4.99 Å². The van der Waals surface area contributed by atoms with Gasteiger partial charge in [0, 0.05) is 12.7 Å². The van der Waals surface area contributed by atoms with Crippen LogP contribution in [0.25, 0.3) is 6.08 Å². The number of carbonyl (C=O) groups excluding carboxylic acids is 1. The van der Waals surface area contributed by atoms with Crippen LogP contribution in [-0.4, -0.2) is 27.5 Å². The van der Waals surface area contributed by atoms with Crippen LogP contribution in [0.4, 0.5) is 5.69 Å². The van der Waals surface area contributed by atoms with Crippen LogP contribution in [0.1, 0.15) is 5.56 Å². The van der Waals surface area contributed by atoms with E-state index in [1.165, 1.54) is 11.8 Å². The zero-order chi connectivity index (χ0) is 16.9. The van der Waals surface area contributed by atoms with Crippen LogP contribution in [0.3, 0.4) is 0 Å². The summed E-state index contributed by atoms with van der Waals surface area (Å²) in [5.41, 5.74) is 1.50. The highest BCUT2D eigenvalue weighted by atomic mass is 35.5. The van der Waals surface area contributed by atoms with E-state index in [9.17, 15) is 4.79 Å². The number of halogens is 1. The Labute approximate surface area is 149 Å². The smallest absolute Gasteiger partial charge is 0.267 e. The summed E-state index contributed by atoms with van der Waals surface area (Å²) in [7, 11) is 0. The molecule has 1 aliphatic heterocycles. The number of aromatic nitrogens is 1. The van der Waals surface area contributed by atoms with Gasteiger partial charge in [0.05, 0.1) is 4.91 Å². The predicted molar refractivity (Wildman–Crippen MR) is 100 cm³/mol. The van der Waals surface area contributed by atoms with E-state index in [1.807, 2.05) is 36.4 Å². The third-order valence-corrected chi connectivity index (χ3v) is 4.55. The van der Waals surface area contributed by atoms with Crippen LogP contribution < -0.4 is 0 Å². The van der Waals surface area contributed by atoms with Gasteiger partial charge in [0.2, 0.25) is 0 Å². The second-order valence-corrected chi connectivity index (χ2v) is 6.30. The highest BCUT2D eigenvalue weighted by Crippen LogP contribution is 2.35. The molecular formula is C18H14ClN3OS. The van der Waals surface area contributed by atoms with E-state index in [1.54, 1.807) is 29.3 Å². The number of aliphatic imine (C=N–C) groups is 1. The highest BCUT2D eigenvalue weighted by Gasteiger charge is 2.32. The second kappa shape index (κ2) is 7.47. The Kier molecular flexibility index (Phi) is 5.13. The maximum absolute atomic E-state index is 12.6. The topological polar surface area (TPSA) is 45.6 Å². The highest BCUT2D eigenvalue weighted by molar-refractivity contribution is 8.18. The van der Waals surface area contributed by atoms with Gasteiger partial charge in [-0.15, -0.1) is 6.58 Å². The molecule has 0 spiro atoms. The third-order valence-electron chi connectivity index (χ3n) is 3.25. The van der Waals surface area contributed by atoms with Gasteiger partial charge in [-0.2, -0.15) is 0 Å². The van der Waals surface area contributed by atoms with Crippen molar-refractivity contribution in [2.45, 2.75) is 0 Å². The van der Waals surface area contributed by atoms with E-state index >= 15 is 0 Å². The molecule has 1 aromatic heterocycles. The number of carbonyl (C=O) groups is 1. The largest absolute Gasteiger partial charge is 0.283 e. The predicted octanol–water partition coefficient (Wildman–Crippen LogP) is 4.53. The number of hydrogen-bond donors (Lipinski definition) is 0. The van der Waals surface area contributed by atoms with Gasteiger partial charge >= 0.3 is 0 Å². The van der Waals surface area contributed by atoms with Crippen LogP contribution in [-0.2, 0) is 4.79 Å². The first-order valence-electron chi connectivity index (χ1n) is 7.25. The van der Waals surface area contributed by atoms with Gasteiger partial charge in [0.25, 0.3) is 5.91 Å². The van der Waals surface area contributed by atoms with Crippen LogP contribution in [0.15, 0.2) is 71.2 Å². The third kappa shape index (κ3) is 3.58. The standard InChI is InChI=1S/C18H14ClN3OS/c1-2-11-22-17(23)15(12-13-7-4-3-5-8-13)24-18(22)21-14-9-6-10-20-16(14)19/h2-10,12H,1,11H2/b15-12-,21-18?. The van der Waals surface area contributed by atoms with E-state index in [0.717, 1.165) is 5.56 Å². The molecule has 0 unspecified atom stereocenters. The molecule has 1 aliphatic rings. The van der Waals surface area contributed by atoms with Crippen molar-refractivity contribution >= 4 is 46.2 Å². The Bertz CT molecular complexity index is 833. The summed E-state index contributed by atoms with van der Waals surface area (Å²) in [5, 5.41) is 0.870. The average molecular weight is 356 g/mol. The summed E-state index contributed by atoms with van der Waals surface area (Å²) < 4.78 is 0. The lowest BCUT2D eigenvalue weighted by Gasteiger charge is -2.12. The molecule has 1 aromatic carbocycles. The zero-order valence-corrected chi connectivity index (χ0v) is 14.3. The molecule has 6 heteroatoms. The van der Waals surface area contributed by atoms with Crippen molar-refractivity contribution in [3.05, 3.63) is 76.9 Å². The summed E-state index contributed by atoms with van der Waals surface area (Å²) >= 11 is 7.38.